The predicted octanol–water partition coefficient (Wildman–Crippen LogP) is 0.148. The van der Waals surface area contributed by atoms with Crippen LogP contribution in [0.15, 0.2) is 30.3 Å². The molecule has 1 aromatic carbocycles. The first-order chi connectivity index (χ1) is 12.4. The van der Waals surface area contributed by atoms with Gasteiger partial charge in [0, 0.05) is 26.2 Å². The fourth-order valence-electron chi connectivity index (χ4n) is 2.86. The summed E-state index contributed by atoms with van der Waals surface area (Å²) < 4.78 is 28.4. The molecule has 144 valence electrons. The van der Waals surface area contributed by atoms with Gasteiger partial charge < -0.3 is 10.1 Å². The van der Waals surface area contributed by atoms with E-state index < -0.39 is 21.8 Å². The summed E-state index contributed by atoms with van der Waals surface area (Å²) in [5.41, 5.74) is 0.981. The van der Waals surface area contributed by atoms with E-state index in [1.54, 1.807) is 0 Å². The van der Waals surface area contributed by atoms with Gasteiger partial charge in [-0.05, 0) is 12.0 Å². The van der Waals surface area contributed by atoms with E-state index in [1.165, 1.54) is 7.11 Å². The Morgan fingerprint density at radius 3 is 2.62 bits per heavy atom. The fourth-order valence-corrected chi connectivity index (χ4v) is 4.62. The molecule has 9 heteroatoms. The maximum absolute atomic E-state index is 12.2. The summed E-state index contributed by atoms with van der Waals surface area (Å²) in [6.07, 6.45) is 0.489. The monoisotopic (exact) mass is 383 g/mol. The van der Waals surface area contributed by atoms with Crippen LogP contribution in [-0.2, 0) is 25.9 Å². The van der Waals surface area contributed by atoms with Gasteiger partial charge in [-0.15, -0.1) is 0 Å². The standard InChI is InChI=1S/C17H25N3O5S/c1-25-9-8-18-17(22)19-16(21)12-20(11-14-5-3-2-4-6-14)15-7-10-26(23,24)13-15/h2-6,15H,7-13H2,1H3,(H2,18,19,21,22)/t15-/m1/s1. The molecule has 0 spiro atoms. The van der Waals surface area contributed by atoms with Crippen LogP contribution in [0, 0.1) is 0 Å². The molecule has 0 bridgehead atoms. The molecule has 0 aromatic heterocycles. The highest BCUT2D eigenvalue weighted by molar-refractivity contribution is 7.91. The molecule has 1 saturated heterocycles. The van der Waals surface area contributed by atoms with Crippen LogP contribution >= 0.6 is 0 Å². The quantitative estimate of drug-likeness (QED) is 0.619. The average Bonchev–Trinajstić information content (AvgIpc) is 2.95. The summed E-state index contributed by atoms with van der Waals surface area (Å²) in [6, 6.07) is 8.70. The first-order valence-corrected chi connectivity index (χ1v) is 10.3. The van der Waals surface area contributed by atoms with Gasteiger partial charge in [-0.2, -0.15) is 0 Å². The van der Waals surface area contributed by atoms with E-state index in [0.717, 1.165) is 5.56 Å². The highest BCUT2D eigenvalue weighted by Gasteiger charge is 2.33. The highest BCUT2D eigenvalue weighted by atomic mass is 32.2. The predicted molar refractivity (Wildman–Crippen MR) is 97.3 cm³/mol. The van der Waals surface area contributed by atoms with Gasteiger partial charge in [-0.25, -0.2) is 13.2 Å². The minimum absolute atomic E-state index is 0.0349. The lowest BCUT2D eigenvalue weighted by Gasteiger charge is -2.27. The largest absolute Gasteiger partial charge is 0.383 e. The number of nitrogens with zero attached hydrogens (tertiary/aromatic N) is 1. The topological polar surface area (TPSA) is 105 Å². The van der Waals surface area contributed by atoms with E-state index in [1.807, 2.05) is 35.2 Å². The number of imide groups is 1. The van der Waals surface area contributed by atoms with Crippen molar-refractivity contribution in [3.05, 3.63) is 35.9 Å². The third kappa shape index (κ3) is 6.74. The molecule has 1 atom stereocenters. The molecule has 26 heavy (non-hydrogen) atoms. The Bertz CT molecular complexity index is 708. The second-order valence-corrected chi connectivity index (χ2v) is 8.47. The van der Waals surface area contributed by atoms with Crippen LogP contribution in [0.4, 0.5) is 4.79 Å². The number of urea groups is 1. The number of sulfone groups is 1. The van der Waals surface area contributed by atoms with Crippen molar-refractivity contribution >= 4 is 21.8 Å². The van der Waals surface area contributed by atoms with Crippen LogP contribution in [0.3, 0.4) is 0 Å². The van der Waals surface area contributed by atoms with Gasteiger partial charge in [0.05, 0.1) is 24.7 Å². The lowest BCUT2D eigenvalue weighted by Crippen LogP contribution is -2.47. The zero-order valence-electron chi connectivity index (χ0n) is 14.8. The number of methoxy groups -OCH3 is 1. The van der Waals surface area contributed by atoms with Crippen LogP contribution in [0.2, 0.25) is 0 Å². The molecule has 0 radical (unpaired) electrons. The number of ether oxygens (including phenoxy) is 1. The summed E-state index contributed by atoms with van der Waals surface area (Å²) in [6.45, 7) is 1.04. The van der Waals surface area contributed by atoms with Gasteiger partial charge in [0.15, 0.2) is 9.84 Å². The van der Waals surface area contributed by atoms with Crippen LogP contribution in [0.5, 0.6) is 0 Å². The maximum atomic E-state index is 12.2. The summed E-state index contributed by atoms with van der Waals surface area (Å²) in [5, 5.41) is 4.77. The van der Waals surface area contributed by atoms with Crippen molar-refractivity contribution in [1.29, 1.82) is 0 Å². The first-order valence-electron chi connectivity index (χ1n) is 8.44. The molecular weight excluding hydrogens is 358 g/mol. The van der Waals surface area contributed by atoms with E-state index in [-0.39, 0.29) is 24.1 Å². The van der Waals surface area contributed by atoms with Gasteiger partial charge in [-0.3, -0.25) is 15.0 Å². The summed E-state index contributed by atoms with van der Waals surface area (Å²) in [4.78, 5) is 25.7. The van der Waals surface area contributed by atoms with E-state index in [4.69, 9.17) is 4.74 Å². The molecule has 1 heterocycles. The second kappa shape index (κ2) is 9.65. The van der Waals surface area contributed by atoms with Crippen molar-refractivity contribution in [3.8, 4) is 0 Å². The molecule has 8 nitrogen and oxygen atoms in total. The summed E-state index contributed by atoms with van der Waals surface area (Å²) in [7, 11) is -1.56. The van der Waals surface area contributed by atoms with Crippen molar-refractivity contribution in [2.75, 3.05) is 38.3 Å². The first kappa shape index (κ1) is 20.3. The van der Waals surface area contributed by atoms with Crippen LogP contribution in [0.1, 0.15) is 12.0 Å². The molecular formula is C17H25N3O5S. The molecule has 1 aromatic rings. The Labute approximate surface area is 153 Å². The van der Waals surface area contributed by atoms with Crippen molar-refractivity contribution < 1.29 is 22.7 Å². The van der Waals surface area contributed by atoms with Crippen molar-refractivity contribution in [2.45, 2.75) is 19.0 Å². The Hall–Kier alpha value is -1.97. The highest BCUT2D eigenvalue weighted by Crippen LogP contribution is 2.19. The number of hydrogen-bond acceptors (Lipinski definition) is 6. The molecule has 3 amide bonds. The number of carbonyl (C=O) groups is 2. The lowest BCUT2D eigenvalue weighted by atomic mass is 10.1. The van der Waals surface area contributed by atoms with E-state index >= 15 is 0 Å². The number of hydrogen-bond donors (Lipinski definition) is 2. The molecule has 1 aliphatic rings. The molecule has 0 aliphatic carbocycles. The second-order valence-electron chi connectivity index (χ2n) is 6.24. The van der Waals surface area contributed by atoms with Crippen molar-refractivity contribution in [1.82, 2.24) is 15.5 Å². The molecule has 1 fully saturated rings. The molecule has 2 rings (SSSR count). The fraction of sp³-hybridized carbons (Fsp3) is 0.529. The smallest absolute Gasteiger partial charge is 0.321 e. The van der Waals surface area contributed by atoms with Crippen molar-refractivity contribution in [3.63, 3.8) is 0 Å². The van der Waals surface area contributed by atoms with Gasteiger partial charge >= 0.3 is 6.03 Å². The molecule has 0 saturated carbocycles. The molecule has 2 N–H and O–H groups in total. The number of benzene rings is 1. The molecule has 1 aliphatic heterocycles. The summed E-state index contributed by atoms with van der Waals surface area (Å²) in [5.74, 6) is -0.310. The van der Waals surface area contributed by atoms with Gasteiger partial charge in [0.25, 0.3) is 0 Å². The van der Waals surface area contributed by atoms with Gasteiger partial charge in [-0.1, -0.05) is 30.3 Å². The Morgan fingerprint density at radius 1 is 1.27 bits per heavy atom. The maximum Gasteiger partial charge on any atom is 0.321 e. The summed E-state index contributed by atoms with van der Waals surface area (Å²) >= 11 is 0. The normalized spacial score (nSPS) is 18.6. The lowest BCUT2D eigenvalue weighted by molar-refractivity contribution is -0.121. The number of rotatable bonds is 8. The van der Waals surface area contributed by atoms with E-state index in [0.29, 0.717) is 26.1 Å². The van der Waals surface area contributed by atoms with Gasteiger partial charge in [0.1, 0.15) is 0 Å². The number of carbonyl (C=O) groups excluding carboxylic acids is 2. The van der Waals surface area contributed by atoms with E-state index in [2.05, 4.69) is 10.6 Å². The number of amides is 3. The Morgan fingerprint density at radius 2 is 2.00 bits per heavy atom. The minimum atomic E-state index is -3.07. The van der Waals surface area contributed by atoms with Crippen LogP contribution < -0.4 is 10.6 Å². The van der Waals surface area contributed by atoms with Crippen LogP contribution in [-0.4, -0.2) is 69.6 Å². The SMILES string of the molecule is COCCNC(=O)NC(=O)CN(Cc1ccccc1)[C@@H]1CCS(=O)(=O)C1. The Kier molecular flexibility index (Phi) is 7.55. The molecule has 0 unspecified atom stereocenters. The Balaban J connectivity index is 1.97. The zero-order valence-corrected chi connectivity index (χ0v) is 15.6. The minimum Gasteiger partial charge on any atom is -0.383 e. The third-order valence-electron chi connectivity index (χ3n) is 4.14. The van der Waals surface area contributed by atoms with Crippen LogP contribution in [0.25, 0.3) is 0 Å². The zero-order chi connectivity index (χ0) is 19.0. The van der Waals surface area contributed by atoms with E-state index in [9.17, 15) is 18.0 Å². The van der Waals surface area contributed by atoms with Crippen molar-refractivity contribution in [2.24, 2.45) is 0 Å². The average molecular weight is 383 g/mol. The van der Waals surface area contributed by atoms with Gasteiger partial charge in [0.2, 0.25) is 5.91 Å². The number of nitrogens with one attached hydrogen (secondary N) is 2. The third-order valence-corrected chi connectivity index (χ3v) is 5.90.